The number of hydrogen-bond acceptors (Lipinski definition) is 5. The molecule has 1 atom stereocenters. The second-order valence-electron chi connectivity index (χ2n) is 4.91. The van der Waals surface area contributed by atoms with E-state index in [-0.39, 0.29) is 22.8 Å². The van der Waals surface area contributed by atoms with Gasteiger partial charge in [-0.15, -0.1) is 0 Å². The van der Waals surface area contributed by atoms with E-state index in [1.807, 2.05) is 0 Å². The largest absolute Gasteiger partial charge is 0.351 e. The van der Waals surface area contributed by atoms with Crippen LogP contribution in [0.1, 0.15) is 23.2 Å². The molecular formula is C12H16N2O5S2. The van der Waals surface area contributed by atoms with Gasteiger partial charge in [-0.2, -0.15) is 0 Å². The molecule has 1 unspecified atom stereocenters. The van der Waals surface area contributed by atoms with Crippen molar-refractivity contribution in [1.82, 2.24) is 5.32 Å². The molecule has 3 N–H and O–H groups in total. The first-order valence-corrected chi connectivity index (χ1v) is 9.59. The van der Waals surface area contributed by atoms with Crippen LogP contribution in [0.25, 0.3) is 0 Å². The van der Waals surface area contributed by atoms with Crippen LogP contribution in [-0.2, 0) is 19.9 Å². The highest BCUT2D eigenvalue weighted by Crippen LogP contribution is 2.19. The normalized spacial score (nSPS) is 21.1. The van der Waals surface area contributed by atoms with Crippen molar-refractivity contribution in [2.75, 3.05) is 12.3 Å². The van der Waals surface area contributed by atoms with Crippen molar-refractivity contribution in [3.05, 3.63) is 29.8 Å². The molecule has 21 heavy (non-hydrogen) atoms. The summed E-state index contributed by atoms with van der Waals surface area (Å²) in [6.45, 7) is 0.0676. The Morgan fingerprint density at radius 1 is 1.29 bits per heavy atom. The van der Waals surface area contributed by atoms with E-state index < -0.39 is 31.0 Å². The molecule has 1 heterocycles. The molecule has 1 amide bonds. The Morgan fingerprint density at radius 2 is 1.90 bits per heavy atom. The molecule has 1 fully saturated rings. The predicted octanol–water partition coefficient (Wildman–Crippen LogP) is -0.359. The first-order chi connectivity index (χ1) is 9.70. The molecule has 0 saturated carbocycles. The van der Waals surface area contributed by atoms with Crippen LogP contribution in [0.4, 0.5) is 0 Å². The number of nitrogens with two attached hydrogens (primary N) is 1. The maximum absolute atomic E-state index is 11.9. The summed E-state index contributed by atoms with van der Waals surface area (Å²) in [5.74, 6) is -0.283. The minimum Gasteiger partial charge on any atom is -0.351 e. The Bertz CT molecular complexity index is 738. The summed E-state index contributed by atoms with van der Waals surface area (Å²) in [5.41, 5.74) is 0.248. The first-order valence-electron chi connectivity index (χ1n) is 6.33. The van der Waals surface area contributed by atoms with Crippen molar-refractivity contribution in [3.63, 3.8) is 0 Å². The molecule has 1 aromatic rings. The van der Waals surface area contributed by atoms with Gasteiger partial charge in [0.1, 0.15) is 0 Å². The summed E-state index contributed by atoms with van der Waals surface area (Å²) in [5, 5.41) is 6.98. The van der Waals surface area contributed by atoms with Gasteiger partial charge in [0.05, 0.1) is 15.9 Å². The van der Waals surface area contributed by atoms with E-state index in [0.717, 1.165) is 0 Å². The van der Waals surface area contributed by atoms with E-state index in [1.165, 1.54) is 24.3 Å². The van der Waals surface area contributed by atoms with Crippen LogP contribution in [0.2, 0.25) is 0 Å². The van der Waals surface area contributed by atoms with E-state index in [9.17, 15) is 21.6 Å². The molecule has 9 heteroatoms. The zero-order valence-corrected chi connectivity index (χ0v) is 12.8. The lowest BCUT2D eigenvalue weighted by Gasteiger charge is -2.11. The van der Waals surface area contributed by atoms with E-state index >= 15 is 0 Å². The number of primary sulfonamides is 1. The average Bonchev–Trinajstić information content (AvgIpc) is 2.74. The molecule has 7 nitrogen and oxygen atoms in total. The highest BCUT2D eigenvalue weighted by atomic mass is 32.2. The van der Waals surface area contributed by atoms with E-state index in [1.54, 1.807) is 0 Å². The molecule has 0 aliphatic carbocycles. The molecule has 0 aromatic heterocycles. The summed E-state index contributed by atoms with van der Waals surface area (Å²) in [4.78, 5) is 11.8. The molecule has 0 spiro atoms. The number of benzene rings is 1. The zero-order valence-electron chi connectivity index (χ0n) is 11.2. The fourth-order valence-electron chi connectivity index (χ4n) is 2.19. The Morgan fingerprint density at radius 3 is 2.38 bits per heavy atom. The summed E-state index contributed by atoms with van der Waals surface area (Å²) in [7, 11) is -6.90. The summed E-state index contributed by atoms with van der Waals surface area (Å²) in [6.07, 6.45) is 1.17. The van der Waals surface area contributed by atoms with Gasteiger partial charge in [0.2, 0.25) is 10.0 Å². The Kier molecular flexibility index (Phi) is 4.35. The van der Waals surface area contributed by atoms with Crippen molar-refractivity contribution in [1.29, 1.82) is 0 Å². The number of amides is 1. The maximum Gasteiger partial charge on any atom is 0.251 e. The van der Waals surface area contributed by atoms with Crippen molar-refractivity contribution < 1.29 is 21.6 Å². The van der Waals surface area contributed by atoms with Crippen molar-refractivity contribution in [3.8, 4) is 0 Å². The van der Waals surface area contributed by atoms with Crippen LogP contribution in [0, 0.1) is 0 Å². The van der Waals surface area contributed by atoms with Gasteiger partial charge in [0.25, 0.3) is 5.91 Å². The molecular weight excluding hydrogens is 316 g/mol. The number of rotatable bonds is 4. The van der Waals surface area contributed by atoms with Gasteiger partial charge < -0.3 is 5.32 Å². The van der Waals surface area contributed by atoms with Gasteiger partial charge in [-0.1, -0.05) is 0 Å². The average molecular weight is 332 g/mol. The third kappa shape index (κ3) is 3.80. The molecule has 0 radical (unpaired) electrons. The highest BCUT2D eigenvalue weighted by molar-refractivity contribution is 7.92. The quantitative estimate of drug-likeness (QED) is 0.779. The summed E-state index contributed by atoms with van der Waals surface area (Å²) in [6, 6.07) is 5.13. The second-order valence-corrected chi connectivity index (χ2v) is 8.87. The third-order valence-corrected chi connectivity index (χ3v) is 6.60. The summed E-state index contributed by atoms with van der Waals surface area (Å²) >= 11 is 0. The SMILES string of the molecule is NS(=O)(=O)c1ccc(C(=O)NCC2CCCS2(=O)=O)cc1. The number of carbonyl (C=O) groups excluding carboxylic acids is 1. The van der Waals surface area contributed by atoms with E-state index in [4.69, 9.17) is 5.14 Å². The smallest absolute Gasteiger partial charge is 0.251 e. The Labute approximate surface area is 123 Å². The fraction of sp³-hybridized carbons (Fsp3) is 0.417. The van der Waals surface area contributed by atoms with Gasteiger partial charge in [-0.05, 0) is 37.1 Å². The lowest BCUT2D eigenvalue weighted by Crippen LogP contribution is -2.34. The van der Waals surface area contributed by atoms with Gasteiger partial charge in [-0.3, -0.25) is 4.79 Å². The van der Waals surface area contributed by atoms with Gasteiger partial charge in [0.15, 0.2) is 9.84 Å². The second kappa shape index (κ2) is 5.74. The van der Waals surface area contributed by atoms with Crippen LogP contribution < -0.4 is 10.5 Å². The zero-order chi connectivity index (χ0) is 15.7. The lowest BCUT2D eigenvalue weighted by molar-refractivity contribution is 0.0953. The molecule has 1 aliphatic heterocycles. The first kappa shape index (κ1) is 15.9. The molecule has 0 bridgehead atoms. The van der Waals surface area contributed by atoms with Crippen molar-refractivity contribution in [2.24, 2.45) is 5.14 Å². The number of sulfonamides is 1. The molecule has 1 saturated heterocycles. The Hall–Kier alpha value is -1.45. The monoisotopic (exact) mass is 332 g/mol. The number of hydrogen-bond donors (Lipinski definition) is 2. The van der Waals surface area contributed by atoms with Crippen LogP contribution >= 0.6 is 0 Å². The lowest BCUT2D eigenvalue weighted by atomic mass is 10.2. The predicted molar refractivity (Wildman–Crippen MR) is 77.0 cm³/mol. The number of sulfone groups is 1. The molecule has 116 valence electrons. The van der Waals surface area contributed by atoms with Crippen LogP contribution in [0.15, 0.2) is 29.2 Å². The maximum atomic E-state index is 11.9. The fourth-order valence-corrected chi connectivity index (χ4v) is 4.47. The van der Waals surface area contributed by atoms with Gasteiger partial charge >= 0.3 is 0 Å². The standard InChI is InChI=1S/C12H16N2O5S2/c13-21(18,19)10-5-3-9(4-6-10)12(15)14-8-11-2-1-7-20(11,16)17/h3-6,11H,1-2,7-8H2,(H,14,15)(H2,13,18,19). The number of nitrogens with one attached hydrogen (secondary N) is 1. The van der Waals surface area contributed by atoms with Crippen molar-refractivity contribution >= 4 is 25.8 Å². The Balaban J connectivity index is 2.01. The molecule has 2 rings (SSSR count). The highest BCUT2D eigenvalue weighted by Gasteiger charge is 2.31. The third-order valence-electron chi connectivity index (χ3n) is 3.40. The number of carbonyl (C=O) groups is 1. The van der Waals surface area contributed by atoms with Gasteiger partial charge in [-0.25, -0.2) is 22.0 Å². The molecule has 1 aromatic carbocycles. The topological polar surface area (TPSA) is 123 Å². The molecule has 1 aliphatic rings. The van der Waals surface area contributed by atoms with Crippen LogP contribution in [-0.4, -0.2) is 40.3 Å². The van der Waals surface area contributed by atoms with Crippen molar-refractivity contribution in [2.45, 2.75) is 23.0 Å². The minimum absolute atomic E-state index is 0.0676. The van der Waals surface area contributed by atoms with E-state index in [0.29, 0.717) is 12.8 Å². The van der Waals surface area contributed by atoms with Crippen LogP contribution in [0.3, 0.4) is 0 Å². The minimum atomic E-state index is -3.80. The van der Waals surface area contributed by atoms with E-state index in [2.05, 4.69) is 5.32 Å². The van der Waals surface area contributed by atoms with Gasteiger partial charge in [0, 0.05) is 12.1 Å². The van der Waals surface area contributed by atoms with Crippen LogP contribution in [0.5, 0.6) is 0 Å². The summed E-state index contributed by atoms with van der Waals surface area (Å²) < 4.78 is 45.5.